The Labute approximate surface area is 372 Å². The third-order valence-electron chi connectivity index (χ3n) is 10.9. The molecule has 0 saturated carbocycles. The fourth-order valence-electron chi connectivity index (χ4n) is 7.45. The first kappa shape index (κ1) is 48.4. The molecule has 342 valence electrons. The molecule has 0 radical (unpaired) electrons. The van der Waals surface area contributed by atoms with Crippen LogP contribution < -0.4 is 42.6 Å². The summed E-state index contributed by atoms with van der Waals surface area (Å²) in [4.78, 5) is 79.5. The molecule has 4 aromatic rings. The summed E-state index contributed by atoms with van der Waals surface area (Å²) in [5.41, 5.74) is 21.2. The first-order valence-electron chi connectivity index (χ1n) is 21.0. The molecular weight excluding hydrogens is 823 g/mol. The standard InChI is InChI=1S/C46H59N9O9/c1-24-37(25(2)51-40(50-24)28-8-11-30(12-9-28)46(4,5)6)42(58)53-33(14-15-47)44(60)55(7)38-29-10-13-35(63-18-16-48)31(23-29)32-20-27(22-36(39(32)56)64-19-17-49)21-34(45(61)62)54-41(57)26(3)52-43(38)59/h8-13,20,22-23,26,33-34,38,56H,14-19,21,47-49H2,1-7H3,(H,52,59)(H,53,58)(H,54,57)(H,61,62)/t26-,33-,34+,38+/m1/s1. The van der Waals surface area contributed by atoms with Gasteiger partial charge in [-0.15, -0.1) is 0 Å². The van der Waals surface area contributed by atoms with Crippen molar-refractivity contribution in [1.29, 1.82) is 0 Å². The predicted octanol–water partition coefficient (Wildman–Crippen LogP) is 2.38. The van der Waals surface area contributed by atoms with Crippen molar-refractivity contribution in [3.8, 4) is 39.8 Å². The Balaban J connectivity index is 1.58. The molecule has 2 heterocycles. The lowest BCUT2D eigenvalue weighted by Crippen LogP contribution is -2.55. The minimum atomic E-state index is -1.48. The Morgan fingerprint density at radius 1 is 0.875 bits per heavy atom. The Morgan fingerprint density at radius 3 is 2.08 bits per heavy atom. The lowest BCUT2D eigenvalue weighted by molar-refractivity contribution is -0.143. The number of likely N-dealkylation sites (N-methyl/N-ethyl adjacent to an activating group) is 1. The van der Waals surface area contributed by atoms with Crippen LogP contribution in [0.5, 0.6) is 17.2 Å². The van der Waals surface area contributed by atoms with Gasteiger partial charge in [0, 0.05) is 43.2 Å². The zero-order valence-electron chi connectivity index (χ0n) is 37.3. The van der Waals surface area contributed by atoms with Crippen LogP contribution in [0.25, 0.3) is 22.5 Å². The topological polar surface area (TPSA) is 287 Å². The Kier molecular flexibility index (Phi) is 15.7. The number of hydrogen-bond donors (Lipinski definition) is 8. The van der Waals surface area contributed by atoms with E-state index in [4.69, 9.17) is 26.7 Å². The van der Waals surface area contributed by atoms with Crippen molar-refractivity contribution in [3.05, 3.63) is 88.2 Å². The number of nitrogens with zero attached hydrogens (tertiary/aromatic N) is 3. The molecule has 0 unspecified atom stereocenters. The van der Waals surface area contributed by atoms with Gasteiger partial charge in [-0.05, 0) is 80.1 Å². The summed E-state index contributed by atoms with van der Waals surface area (Å²) in [6.45, 7) is 11.4. The zero-order chi connectivity index (χ0) is 47.0. The van der Waals surface area contributed by atoms with Gasteiger partial charge in [-0.1, -0.05) is 51.1 Å². The molecule has 1 aromatic heterocycles. The average molecular weight is 882 g/mol. The SMILES string of the molecule is Cc1nc(-c2ccc(C(C)(C)C)cc2)nc(C)c1C(=O)N[C@H](CCN)C(=O)N(C)[C@@H]1C(=O)N[C@H](C)C(=O)N[C@H](C(=O)O)Cc2cc(OCCN)c(O)c(c2)-c2cc1ccc2OCCN. The number of aromatic nitrogens is 2. The third-order valence-corrected chi connectivity index (χ3v) is 10.9. The van der Waals surface area contributed by atoms with Crippen LogP contribution in [0.2, 0.25) is 0 Å². The summed E-state index contributed by atoms with van der Waals surface area (Å²) in [6, 6.07) is 10.0. The van der Waals surface area contributed by atoms with Crippen molar-refractivity contribution in [1.82, 2.24) is 30.8 Å². The van der Waals surface area contributed by atoms with Gasteiger partial charge in [-0.3, -0.25) is 19.2 Å². The van der Waals surface area contributed by atoms with Gasteiger partial charge in [0.15, 0.2) is 17.3 Å². The minimum absolute atomic E-state index is 0.00297. The molecule has 0 spiro atoms. The molecule has 1 aliphatic rings. The smallest absolute Gasteiger partial charge is 0.326 e. The Hall–Kier alpha value is -6.63. The van der Waals surface area contributed by atoms with Crippen molar-refractivity contribution in [3.63, 3.8) is 0 Å². The van der Waals surface area contributed by atoms with Crippen LogP contribution in [0.15, 0.2) is 54.6 Å². The number of nitrogens with two attached hydrogens (primary N) is 3. The quantitative estimate of drug-likeness (QED) is 0.0903. The van der Waals surface area contributed by atoms with E-state index in [1.807, 2.05) is 24.3 Å². The highest BCUT2D eigenvalue weighted by molar-refractivity contribution is 6.00. The largest absolute Gasteiger partial charge is 0.504 e. The third kappa shape index (κ3) is 11.1. The number of aryl methyl sites for hydroxylation is 2. The zero-order valence-corrected chi connectivity index (χ0v) is 37.3. The summed E-state index contributed by atoms with van der Waals surface area (Å²) in [6.07, 6.45) is -0.263. The van der Waals surface area contributed by atoms with Gasteiger partial charge >= 0.3 is 5.97 Å². The molecule has 18 nitrogen and oxygen atoms in total. The number of carboxylic acids is 1. The molecule has 11 N–H and O–H groups in total. The molecule has 3 aromatic carbocycles. The van der Waals surface area contributed by atoms with Crippen LogP contribution in [-0.2, 0) is 31.0 Å². The average Bonchev–Trinajstić information content (AvgIpc) is 3.24. The first-order valence-corrected chi connectivity index (χ1v) is 21.0. The van der Waals surface area contributed by atoms with Crippen LogP contribution >= 0.6 is 0 Å². The molecule has 4 atom stereocenters. The number of carbonyl (C=O) groups is 5. The van der Waals surface area contributed by atoms with Crippen molar-refractivity contribution < 1.29 is 43.7 Å². The number of ether oxygens (including phenoxy) is 2. The molecule has 0 saturated heterocycles. The van der Waals surface area contributed by atoms with E-state index in [1.54, 1.807) is 26.0 Å². The summed E-state index contributed by atoms with van der Waals surface area (Å²) >= 11 is 0. The molecule has 5 rings (SSSR count). The number of aromatic hydroxyl groups is 1. The lowest BCUT2D eigenvalue weighted by Gasteiger charge is -2.32. The number of carboxylic acid groups (broad SMARTS) is 1. The molecular formula is C46H59N9O9. The van der Waals surface area contributed by atoms with E-state index in [9.17, 15) is 34.2 Å². The van der Waals surface area contributed by atoms with Gasteiger partial charge in [0.25, 0.3) is 5.91 Å². The van der Waals surface area contributed by atoms with E-state index in [1.165, 1.54) is 32.2 Å². The van der Waals surface area contributed by atoms with Gasteiger partial charge in [-0.25, -0.2) is 14.8 Å². The highest BCUT2D eigenvalue weighted by atomic mass is 16.5. The number of nitrogens with one attached hydrogen (secondary N) is 3. The predicted molar refractivity (Wildman–Crippen MR) is 240 cm³/mol. The van der Waals surface area contributed by atoms with Crippen molar-refractivity contribution in [2.75, 3.05) is 39.9 Å². The number of benzene rings is 3. The van der Waals surface area contributed by atoms with Crippen LogP contribution in [0, 0.1) is 13.8 Å². The number of aliphatic carboxylic acids is 1. The molecule has 4 amide bonds. The van der Waals surface area contributed by atoms with Crippen molar-refractivity contribution in [2.45, 2.75) is 84.0 Å². The second kappa shape index (κ2) is 20.7. The fraction of sp³-hybridized carbons (Fsp3) is 0.413. The maximum atomic E-state index is 14.6. The molecule has 0 aliphatic carbocycles. The highest BCUT2D eigenvalue weighted by Gasteiger charge is 2.36. The molecule has 1 aliphatic heterocycles. The number of amides is 4. The summed E-state index contributed by atoms with van der Waals surface area (Å²) < 4.78 is 11.8. The number of fused-ring (bicyclic) bond motifs is 5. The second-order valence-corrected chi connectivity index (χ2v) is 16.7. The number of carbonyl (C=O) groups excluding carboxylic acids is 4. The van der Waals surface area contributed by atoms with E-state index in [0.717, 1.165) is 16.0 Å². The van der Waals surface area contributed by atoms with Crippen LogP contribution in [0.3, 0.4) is 0 Å². The first-order chi connectivity index (χ1) is 30.3. The van der Waals surface area contributed by atoms with Crippen LogP contribution in [0.4, 0.5) is 0 Å². The number of phenols is 1. The van der Waals surface area contributed by atoms with E-state index in [2.05, 4.69) is 46.7 Å². The highest BCUT2D eigenvalue weighted by Crippen LogP contribution is 2.44. The number of rotatable bonds is 14. The maximum Gasteiger partial charge on any atom is 0.326 e. The van der Waals surface area contributed by atoms with Crippen molar-refractivity contribution >= 4 is 29.6 Å². The summed E-state index contributed by atoms with van der Waals surface area (Å²) in [7, 11) is 1.37. The van der Waals surface area contributed by atoms with E-state index >= 15 is 0 Å². The maximum absolute atomic E-state index is 14.6. The van der Waals surface area contributed by atoms with Crippen LogP contribution in [-0.4, -0.2) is 113 Å². The molecule has 64 heavy (non-hydrogen) atoms. The van der Waals surface area contributed by atoms with Gasteiger partial charge in [-0.2, -0.15) is 0 Å². The number of phenolic OH excluding ortho intramolecular Hbond substituents is 1. The fourth-order valence-corrected chi connectivity index (χ4v) is 7.45. The Morgan fingerprint density at radius 2 is 1.50 bits per heavy atom. The van der Waals surface area contributed by atoms with Gasteiger partial charge in [0.2, 0.25) is 17.7 Å². The van der Waals surface area contributed by atoms with E-state index < -0.39 is 53.8 Å². The van der Waals surface area contributed by atoms with Crippen molar-refractivity contribution in [2.24, 2.45) is 17.2 Å². The Bertz CT molecular complexity index is 2360. The lowest BCUT2D eigenvalue weighted by atomic mass is 9.86. The van der Waals surface area contributed by atoms with Gasteiger partial charge in [0.1, 0.15) is 43.1 Å². The monoisotopic (exact) mass is 881 g/mol. The van der Waals surface area contributed by atoms with Gasteiger partial charge in [0.05, 0.1) is 17.0 Å². The van der Waals surface area contributed by atoms with Crippen LogP contribution in [0.1, 0.15) is 78.6 Å². The van der Waals surface area contributed by atoms with E-state index in [-0.39, 0.29) is 90.6 Å². The summed E-state index contributed by atoms with van der Waals surface area (Å²) in [5.74, 6) is -4.04. The van der Waals surface area contributed by atoms with Gasteiger partial charge < -0.3 is 57.7 Å². The summed E-state index contributed by atoms with van der Waals surface area (Å²) in [5, 5.41) is 29.7. The molecule has 4 bridgehead atoms. The number of hydrogen-bond acceptors (Lipinski definition) is 13. The van der Waals surface area contributed by atoms with E-state index in [0.29, 0.717) is 22.8 Å². The minimum Gasteiger partial charge on any atom is -0.504 e. The molecule has 0 fully saturated rings. The second-order valence-electron chi connectivity index (χ2n) is 16.7. The molecule has 18 heteroatoms. The normalized spacial score (nSPS) is 17.0.